The minimum absolute atomic E-state index is 0.119. The van der Waals surface area contributed by atoms with Crippen LogP contribution in [0.2, 0.25) is 0 Å². The van der Waals surface area contributed by atoms with E-state index in [1.54, 1.807) is 11.0 Å². The van der Waals surface area contributed by atoms with Gasteiger partial charge in [0.25, 0.3) is 0 Å². The molecule has 0 N–H and O–H groups in total. The van der Waals surface area contributed by atoms with Crippen molar-refractivity contribution in [2.45, 2.75) is 32.0 Å². The highest BCUT2D eigenvalue weighted by molar-refractivity contribution is 5.76. The van der Waals surface area contributed by atoms with E-state index in [-0.39, 0.29) is 12.5 Å². The van der Waals surface area contributed by atoms with E-state index in [1.807, 2.05) is 11.0 Å². The first-order valence-corrected chi connectivity index (χ1v) is 8.07. The molecule has 6 heteroatoms. The van der Waals surface area contributed by atoms with Crippen molar-refractivity contribution in [3.05, 3.63) is 48.5 Å². The first-order chi connectivity index (χ1) is 11.2. The number of nitrogens with zero attached hydrogens (tertiary/aromatic N) is 5. The van der Waals surface area contributed by atoms with Crippen LogP contribution in [0.25, 0.3) is 0 Å². The Morgan fingerprint density at radius 2 is 2.17 bits per heavy atom. The number of rotatable bonds is 5. The normalized spacial score (nSPS) is 18.3. The lowest BCUT2D eigenvalue weighted by Gasteiger charge is -2.37. The molecule has 1 aliphatic rings. The van der Waals surface area contributed by atoms with Crippen molar-refractivity contribution in [2.75, 3.05) is 20.1 Å². The molecule has 1 aromatic carbocycles. The molecule has 6 nitrogen and oxygen atoms in total. The van der Waals surface area contributed by atoms with Crippen molar-refractivity contribution in [2.24, 2.45) is 0 Å². The molecule has 0 spiro atoms. The van der Waals surface area contributed by atoms with Gasteiger partial charge in [0.05, 0.1) is 0 Å². The number of hydrogen-bond acceptors (Lipinski definition) is 4. The standard InChI is InChI=1S/C17H23N5O/c1-20(10-15-6-3-2-4-7-15)16-8-5-9-21(11-16)17(23)12-22-14-18-13-19-22/h2-4,6-7,13-14,16H,5,8-12H2,1H3. The molecule has 23 heavy (non-hydrogen) atoms. The molecule has 0 radical (unpaired) electrons. The van der Waals surface area contributed by atoms with Crippen molar-refractivity contribution in [1.82, 2.24) is 24.6 Å². The van der Waals surface area contributed by atoms with Crippen LogP contribution in [0.15, 0.2) is 43.0 Å². The third-order valence-electron chi connectivity index (χ3n) is 4.41. The van der Waals surface area contributed by atoms with Crippen LogP contribution < -0.4 is 0 Å². The Morgan fingerprint density at radius 1 is 1.35 bits per heavy atom. The van der Waals surface area contributed by atoms with E-state index in [2.05, 4.69) is 46.3 Å². The minimum atomic E-state index is 0.119. The zero-order chi connectivity index (χ0) is 16.1. The Hall–Kier alpha value is -2.21. The van der Waals surface area contributed by atoms with Crippen LogP contribution in [0.4, 0.5) is 0 Å². The van der Waals surface area contributed by atoms with Gasteiger partial charge in [-0.15, -0.1) is 0 Å². The number of carbonyl (C=O) groups is 1. The van der Waals surface area contributed by atoms with Crippen molar-refractivity contribution in [3.63, 3.8) is 0 Å². The summed E-state index contributed by atoms with van der Waals surface area (Å²) in [5.74, 6) is 0.119. The smallest absolute Gasteiger partial charge is 0.244 e. The van der Waals surface area contributed by atoms with Crippen molar-refractivity contribution < 1.29 is 4.79 Å². The second-order valence-corrected chi connectivity index (χ2v) is 6.13. The van der Waals surface area contributed by atoms with Crippen LogP contribution in [0.3, 0.4) is 0 Å². The quantitative estimate of drug-likeness (QED) is 0.837. The van der Waals surface area contributed by atoms with Crippen LogP contribution >= 0.6 is 0 Å². The fraction of sp³-hybridized carbons (Fsp3) is 0.471. The highest BCUT2D eigenvalue weighted by atomic mass is 16.2. The molecule has 122 valence electrons. The zero-order valence-corrected chi connectivity index (χ0v) is 13.5. The maximum atomic E-state index is 12.4. The molecule has 1 unspecified atom stereocenters. The average Bonchev–Trinajstić information content (AvgIpc) is 3.09. The van der Waals surface area contributed by atoms with Crippen molar-refractivity contribution in [3.8, 4) is 0 Å². The topological polar surface area (TPSA) is 54.3 Å². The summed E-state index contributed by atoms with van der Waals surface area (Å²) in [6.45, 7) is 2.81. The number of likely N-dealkylation sites (N-methyl/N-ethyl adjacent to an activating group) is 1. The number of likely N-dealkylation sites (tertiary alicyclic amines) is 1. The second-order valence-electron chi connectivity index (χ2n) is 6.13. The molecule has 0 saturated carbocycles. The SMILES string of the molecule is CN(Cc1ccccc1)C1CCCN(C(=O)Cn2cncn2)C1. The highest BCUT2D eigenvalue weighted by Crippen LogP contribution is 2.17. The van der Waals surface area contributed by atoms with E-state index in [1.165, 1.54) is 11.9 Å². The van der Waals surface area contributed by atoms with E-state index in [0.717, 1.165) is 32.5 Å². The summed E-state index contributed by atoms with van der Waals surface area (Å²) < 4.78 is 1.58. The molecule has 1 atom stereocenters. The third kappa shape index (κ3) is 4.16. The van der Waals surface area contributed by atoms with Crippen molar-refractivity contribution in [1.29, 1.82) is 0 Å². The lowest BCUT2D eigenvalue weighted by Crippen LogP contribution is -2.49. The molecule has 0 bridgehead atoms. The Kier molecular flexibility index (Phi) is 5.02. The lowest BCUT2D eigenvalue weighted by atomic mass is 10.0. The predicted molar refractivity (Wildman–Crippen MR) is 87.5 cm³/mol. The number of benzene rings is 1. The molecular formula is C17H23N5O. The third-order valence-corrected chi connectivity index (χ3v) is 4.41. The van der Waals surface area contributed by atoms with Gasteiger partial charge in [0.1, 0.15) is 19.2 Å². The van der Waals surface area contributed by atoms with Gasteiger partial charge in [-0.25, -0.2) is 9.67 Å². The molecule has 1 aliphatic heterocycles. The highest BCUT2D eigenvalue weighted by Gasteiger charge is 2.26. The van der Waals surface area contributed by atoms with Gasteiger partial charge in [0.15, 0.2) is 0 Å². The lowest BCUT2D eigenvalue weighted by molar-refractivity contribution is -0.134. The summed E-state index contributed by atoms with van der Waals surface area (Å²) >= 11 is 0. The first kappa shape index (κ1) is 15.7. The summed E-state index contributed by atoms with van der Waals surface area (Å²) in [6, 6.07) is 10.9. The average molecular weight is 313 g/mol. The van der Waals surface area contributed by atoms with Gasteiger partial charge in [-0.3, -0.25) is 9.69 Å². The molecule has 1 saturated heterocycles. The van der Waals surface area contributed by atoms with Crippen molar-refractivity contribution >= 4 is 5.91 Å². The summed E-state index contributed by atoms with van der Waals surface area (Å²) in [6.07, 6.45) is 5.23. The Balaban J connectivity index is 1.56. The number of carbonyl (C=O) groups excluding carboxylic acids is 1. The Bertz CT molecular complexity index is 613. The predicted octanol–water partition coefficient (Wildman–Crippen LogP) is 1.40. The van der Waals surface area contributed by atoms with E-state index >= 15 is 0 Å². The fourth-order valence-electron chi connectivity index (χ4n) is 3.09. The number of hydrogen-bond donors (Lipinski definition) is 0. The first-order valence-electron chi connectivity index (χ1n) is 8.07. The van der Waals surface area contributed by atoms with E-state index in [9.17, 15) is 4.79 Å². The van der Waals surface area contributed by atoms with Crippen LogP contribution in [0.5, 0.6) is 0 Å². The largest absolute Gasteiger partial charge is 0.340 e. The maximum absolute atomic E-state index is 12.4. The number of piperidine rings is 1. The van der Waals surface area contributed by atoms with Gasteiger partial charge < -0.3 is 4.90 Å². The van der Waals surface area contributed by atoms with E-state index in [0.29, 0.717) is 6.04 Å². The van der Waals surface area contributed by atoms with Gasteiger partial charge in [0.2, 0.25) is 5.91 Å². The Morgan fingerprint density at radius 3 is 2.91 bits per heavy atom. The van der Waals surface area contributed by atoms with Gasteiger partial charge in [-0.2, -0.15) is 5.10 Å². The van der Waals surface area contributed by atoms with Crippen LogP contribution in [0.1, 0.15) is 18.4 Å². The Labute approximate surface area is 136 Å². The summed E-state index contributed by atoms with van der Waals surface area (Å²) in [5.41, 5.74) is 1.31. The second kappa shape index (κ2) is 7.37. The molecule has 0 aliphatic carbocycles. The van der Waals surface area contributed by atoms with Crippen LogP contribution in [0, 0.1) is 0 Å². The van der Waals surface area contributed by atoms with E-state index < -0.39 is 0 Å². The number of amides is 1. The zero-order valence-electron chi connectivity index (χ0n) is 13.5. The molecule has 2 aromatic rings. The molecular weight excluding hydrogens is 290 g/mol. The molecule has 3 rings (SSSR count). The van der Waals surface area contributed by atoms with Gasteiger partial charge in [-0.05, 0) is 25.5 Å². The van der Waals surface area contributed by atoms with Crippen LogP contribution in [-0.4, -0.2) is 56.7 Å². The van der Waals surface area contributed by atoms with Crippen LogP contribution in [-0.2, 0) is 17.9 Å². The molecule has 1 aromatic heterocycles. The van der Waals surface area contributed by atoms with Gasteiger partial charge >= 0.3 is 0 Å². The number of aromatic nitrogens is 3. The van der Waals surface area contributed by atoms with Gasteiger partial charge in [-0.1, -0.05) is 30.3 Å². The summed E-state index contributed by atoms with van der Waals surface area (Å²) in [7, 11) is 2.14. The fourth-order valence-corrected chi connectivity index (χ4v) is 3.09. The van der Waals surface area contributed by atoms with Gasteiger partial charge in [0, 0.05) is 25.7 Å². The molecule has 1 fully saturated rings. The monoisotopic (exact) mass is 313 g/mol. The van der Waals surface area contributed by atoms with E-state index in [4.69, 9.17) is 0 Å². The molecule has 2 heterocycles. The molecule has 1 amide bonds. The summed E-state index contributed by atoms with van der Waals surface area (Å²) in [5, 5.41) is 4.01. The minimum Gasteiger partial charge on any atom is -0.340 e. The maximum Gasteiger partial charge on any atom is 0.244 e. The summed E-state index contributed by atoms with van der Waals surface area (Å²) in [4.78, 5) is 20.6.